The molecule has 0 saturated heterocycles. The molecule has 0 bridgehead atoms. The minimum Gasteiger partial charge on any atom is -0.497 e. The molecule has 3 aromatic rings. The Balaban J connectivity index is 2.15. The quantitative estimate of drug-likeness (QED) is 0.662. The third kappa shape index (κ3) is 3.22. The van der Waals surface area contributed by atoms with E-state index >= 15 is 0 Å². The highest BCUT2D eigenvalue weighted by molar-refractivity contribution is 7.99. The Hall–Kier alpha value is -2.71. The molecule has 0 aliphatic rings. The molecule has 4 nitrogen and oxygen atoms in total. The van der Waals surface area contributed by atoms with E-state index in [1.807, 2.05) is 60.8 Å². The van der Waals surface area contributed by atoms with Gasteiger partial charge in [0, 0.05) is 11.6 Å². The Morgan fingerprint density at radius 1 is 1.17 bits per heavy atom. The number of benzene rings is 2. The summed E-state index contributed by atoms with van der Waals surface area (Å²) in [7, 11) is 1.65. The van der Waals surface area contributed by atoms with E-state index in [0.717, 1.165) is 27.9 Å². The lowest BCUT2D eigenvalue weighted by molar-refractivity contribution is 0.414. The first kappa shape index (κ1) is 15.2. The number of thioether (sulfide) groups is 1. The van der Waals surface area contributed by atoms with Crippen LogP contribution < -0.4 is 4.74 Å². The second kappa shape index (κ2) is 7.03. The fourth-order valence-electron chi connectivity index (χ4n) is 2.35. The first-order chi connectivity index (χ1) is 11.3. The lowest BCUT2D eigenvalue weighted by Crippen LogP contribution is -2.00. The van der Waals surface area contributed by atoms with E-state index in [2.05, 4.69) is 15.6 Å². The van der Waals surface area contributed by atoms with Crippen LogP contribution in [0.5, 0.6) is 5.75 Å². The molecule has 3 rings (SSSR count). The highest BCUT2D eigenvalue weighted by atomic mass is 32.2. The van der Waals surface area contributed by atoms with E-state index in [4.69, 9.17) is 10.00 Å². The van der Waals surface area contributed by atoms with Crippen molar-refractivity contribution in [2.24, 2.45) is 0 Å². The van der Waals surface area contributed by atoms with Gasteiger partial charge in [0.15, 0.2) is 5.16 Å². The molecule has 0 aliphatic carbocycles. The first-order valence-electron chi connectivity index (χ1n) is 7.11. The van der Waals surface area contributed by atoms with Crippen LogP contribution in [0.25, 0.3) is 16.9 Å². The summed E-state index contributed by atoms with van der Waals surface area (Å²) in [5, 5.41) is 9.66. The van der Waals surface area contributed by atoms with Crippen LogP contribution in [0.2, 0.25) is 0 Å². The zero-order valence-electron chi connectivity index (χ0n) is 12.6. The summed E-state index contributed by atoms with van der Waals surface area (Å²) in [6, 6.07) is 20.1. The van der Waals surface area contributed by atoms with Gasteiger partial charge in [0.25, 0.3) is 0 Å². The number of nitriles is 1. The van der Waals surface area contributed by atoms with Gasteiger partial charge in [-0.3, -0.25) is 4.57 Å². The van der Waals surface area contributed by atoms with Crippen LogP contribution in [0.3, 0.4) is 0 Å². The number of hydrogen-bond donors (Lipinski definition) is 0. The zero-order valence-corrected chi connectivity index (χ0v) is 13.5. The van der Waals surface area contributed by atoms with Crippen LogP contribution in [-0.4, -0.2) is 22.4 Å². The van der Waals surface area contributed by atoms with Crippen molar-refractivity contribution in [1.29, 1.82) is 5.26 Å². The lowest BCUT2D eigenvalue weighted by Gasteiger charge is -2.12. The van der Waals surface area contributed by atoms with Gasteiger partial charge >= 0.3 is 0 Å². The molecule has 0 aliphatic heterocycles. The van der Waals surface area contributed by atoms with Gasteiger partial charge in [-0.05, 0) is 12.1 Å². The maximum atomic E-state index is 8.87. The Bertz CT molecular complexity index is 837. The second-order valence-corrected chi connectivity index (χ2v) is 5.72. The number of rotatable bonds is 5. The van der Waals surface area contributed by atoms with Crippen molar-refractivity contribution in [1.82, 2.24) is 9.55 Å². The van der Waals surface area contributed by atoms with E-state index in [-0.39, 0.29) is 0 Å². The van der Waals surface area contributed by atoms with Crippen molar-refractivity contribution >= 4 is 11.8 Å². The molecule has 0 amide bonds. The van der Waals surface area contributed by atoms with E-state index in [1.165, 1.54) is 11.8 Å². The van der Waals surface area contributed by atoms with Gasteiger partial charge in [-0.2, -0.15) is 5.26 Å². The third-order valence-electron chi connectivity index (χ3n) is 3.38. The molecule has 1 aromatic heterocycles. The number of methoxy groups -OCH3 is 1. The minimum absolute atomic E-state index is 0.356. The topological polar surface area (TPSA) is 50.8 Å². The maximum Gasteiger partial charge on any atom is 0.174 e. The van der Waals surface area contributed by atoms with Crippen LogP contribution in [0.1, 0.15) is 0 Å². The average molecular weight is 321 g/mol. The molecule has 0 radical (unpaired) electrons. The number of aromatic nitrogens is 2. The van der Waals surface area contributed by atoms with E-state index < -0.39 is 0 Å². The number of imidazole rings is 1. The lowest BCUT2D eigenvalue weighted by atomic mass is 10.1. The number of ether oxygens (including phenoxy) is 1. The molecule has 1 heterocycles. The highest BCUT2D eigenvalue weighted by Gasteiger charge is 2.14. The summed E-state index contributed by atoms with van der Waals surface area (Å²) in [6.07, 6.45) is 1.84. The van der Waals surface area contributed by atoms with Gasteiger partial charge in [-0.15, -0.1) is 0 Å². The molecule has 0 fully saturated rings. The van der Waals surface area contributed by atoms with Crippen molar-refractivity contribution in [3.8, 4) is 28.8 Å². The van der Waals surface area contributed by atoms with Gasteiger partial charge in [0.2, 0.25) is 0 Å². The van der Waals surface area contributed by atoms with E-state index in [1.54, 1.807) is 7.11 Å². The minimum atomic E-state index is 0.356. The van der Waals surface area contributed by atoms with Crippen molar-refractivity contribution < 1.29 is 4.74 Å². The Labute approximate surface area is 139 Å². The van der Waals surface area contributed by atoms with Crippen LogP contribution in [-0.2, 0) is 0 Å². The van der Waals surface area contributed by atoms with Crippen LogP contribution in [0.15, 0.2) is 66.0 Å². The Morgan fingerprint density at radius 2 is 2.00 bits per heavy atom. The molecule has 0 spiro atoms. The van der Waals surface area contributed by atoms with Gasteiger partial charge in [0.1, 0.15) is 5.75 Å². The summed E-state index contributed by atoms with van der Waals surface area (Å²) in [6.45, 7) is 0. The third-order valence-corrected chi connectivity index (χ3v) is 4.20. The molecular weight excluding hydrogens is 306 g/mol. The largest absolute Gasteiger partial charge is 0.497 e. The summed E-state index contributed by atoms with van der Waals surface area (Å²) >= 11 is 1.42. The van der Waals surface area contributed by atoms with Crippen molar-refractivity contribution in [3.63, 3.8) is 0 Å². The SMILES string of the molecule is COc1cccc(-n2c(-c3ccccc3)cnc2SCC#N)c1. The van der Waals surface area contributed by atoms with E-state index in [9.17, 15) is 0 Å². The summed E-state index contributed by atoms with van der Waals surface area (Å²) in [5.41, 5.74) is 3.02. The van der Waals surface area contributed by atoms with Crippen molar-refractivity contribution in [3.05, 3.63) is 60.8 Å². The van der Waals surface area contributed by atoms with Gasteiger partial charge in [-0.25, -0.2) is 4.98 Å². The molecule has 0 atom stereocenters. The molecule has 114 valence electrons. The highest BCUT2D eigenvalue weighted by Crippen LogP contribution is 2.30. The summed E-state index contributed by atoms with van der Waals surface area (Å²) in [5.74, 6) is 1.14. The molecule has 23 heavy (non-hydrogen) atoms. The number of nitrogens with zero attached hydrogens (tertiary/aromatic N) is 3. The Morgan fingerprint density at radius 3 is 2.74 bits per heavy atom. The molecule has 5 heteroatoms. The number of hydrogen-bond acceptors (Lipinski definition) is 4. The Kier molecular flexibility index (Phi) is 4.65. The molecule has 2 aromatic carbocycles. The monoisotopic (exact) mass is 321 g/mol. The van der Waals surface area contributed by atoms with Crippen LogP contribution >= 0.6 is 11.8 Å². The smallest absolute Gasteiger partial charge is 0.174 e. The van der Waals surface area contributed by atoms with Crippen LogP contribution in [0, 0.1) is 11.3 Å². The molecular formula is C18H15N3OS. The molecule has 0 N–H and O–H groups in total. The molecule has 0 saturated carbocycles. The van der Waals surface area contributed by atoms with Gasteiger partial charge in [-0.1, -0.05) is 48.2 Å². The zero-order chi connectivity index (χ0) is 16.1. The first-order valence-corrected chi connectivity index (χ1v) is 8.09. The fraction of sp³-hybridized carbons (Fsp3) is 0.111. The van der Waals surface area contributed by atoms with Crippen LogP contribution in [0.4, 0.5) is 0 Å². The summed E-state index contributed by atoms with van der Waals surface area (Å²) < 4.78 is 7.38. The van der Waals surface area contributed by atoms with Crippen molar-refractivity contribution in [2.75, 3.05) is 12.9 Å². The predicted octanol–water partition coefficient (Wildman–Crippen LogP) is 4.16. The predicted molar refractivity (Wildman–Crippen MR) is 91.9 cm³/mol. The normalized spacial score (nSPS) is 10.3. The van der Waals surface area contributed by atoms with Gasteiger partial charge in [0.05, 0.1) is 36.5 Å². The maximum absolute atomic E-state index is 8.87. The summed E-state index contributed by atoms with van der Waals surface area (Å²) in [4.78, 5) is 4.50. The second-order valence-electron chi connectivity index (χ2n) is 4.78. The standard InChI is InChI=1S/C18H15N3OS/c1-22-16-9-5-8-15(12-16)21-17(14-6-3-2-4-7-14)13-20-18(21)23-11-10-19/h2-9,12-13H,11H2,1H3. The van der Waals surface area contributed by atoms with Crippen molar-refractivity contribution in [2.45, 2.75) is 5.16 Å². The fourth-order valence-corrected chi connectivity index (χ4v) is 3.00. The van der Waals surface area contributed by atoms with Gasteiger partial charge < -0.3 is 4.74 Å². The van der Waals surface area contributed by atoms with E-state index in [0.29, 0.717) is 5.75 Å². The average Bonchev–Trinajstić information content (AvgIpc) is 3.04. The molecule has 0 unspecified atom stereocenters.